The van der Waals surface area contributed by atoms with E-state index >= 15 is 0 Å². The van der Waals surface area contributed by atoms with Crippen LogP contribution in [0, 0.1) is 6.92 Å². The number of aryl methyl sites for hydroxylation is 1. The van der Waals surface area contributed by atoms with Crippen LogP contribution in [-0.4, -0.2) is 30.0 Å². The van der Waals surface area contributed by atoms with E-state index < -0.39 is 5.97 Å². The fraction of sp³-hybridized carbons (Fsp3) is 0.160. The molecule has 2 aromatic carbocycles. The zero-order valence-corrected chi connectivity index (χ0v) is 18.5. The average molecular weight is 461 g/mol. The van der Waals surface area contributed by atoms with Crippen molar-refractivity contribution in [2.45, 2.75) is 13.5 Å². The van der Waals surface area contributed by atoms with Gasteiger partial charge in [0.25, 0.3) is 0 Å². The van der Waals surface area contributed by atoms with Crippen molar-refractivity contribution >= 4 is 23.1 Å². The number of fused-ring (bicyclic) bond motifs is 1. The fourth-order valence-electron chi connectivity index (χ4n) is 3.48. The summed E-state index contributed by atoms with van der Waals surface area (Å²) in [7, 11) is 0. The highest BCUT2D eigenvalue weighted by Crippen LogP contribution is 2.32. The molecule has 0 amide bonds. The van der Waals surface area contributed by atoms with Crippen molar-refractivity contribution in [3.63, 3.8) is 0 Å². The first kappa shape index (κ1) is 21.0. The topological polar surface area (TPSA) is 87.9 Å². The molecular weight excluding hydrogens is 442 g/mol. The van der Waals surface area contributed by atoms with Crippen LogP contribution in [0.1, 0.15) is 37.7 Å². The monoisotopic (exact) mass is 461 g/mol. The lowest BCUT2D eigenvalue weighted by atomic mass is 9.98. The fourth-order valence-corrected chi connectivity index (χ4v) is 4.13. The number of rotatable bonds is 6. The molecule has 0 radical (unpaired) electrons. The zero-order chi connectivity index (χ0) is 22.8. The highest BCUT2D eigenvalue weighted by Gasteiger charge is 2.22. The Morgan fingerprint density at radius 3 is 2.58 bits per heavy atom. The molecule has 1 aliphatic heterocycles. The van der Waals surface area contributed by atoms with Crippen LogP contribution in [0.5, 0.6) is 11.5 Å². The predicted molar refractivity (Wildman–Crippen MR) is 121 cm³/mol. The molecule has 1 aliphatic rings. The molecule has 33 heavy (non-hydrogen) atoms. The van der Waals surface area contributed by atoms with Crippen molar-refractivity contribution in [3.05, 3.63) is 88.1 Å². The van der Waals surface area contributed by atoms with Gasteiger partial charge in [-0.2, -0.15) is 0 Å². The molecule has 0 atom stereocenters. The summed E-state index contributed by atoms with van der Waals surface area (Å²) in [6.45, 7) is 2.59. The van der Waals surface area contributed by atoms with Crippen LogP contribution in [0.15, 0.2) is 64.4 Å². The molecule has 0 saturated heterocycles. The molecule has 0 bridgehead atoms. The number of carbonyl (C=O) groups is 2. The van der Waals surface area contributed by atoms with Crippen molar-refractivity contribution in [2.24, 2.45) is 0 Å². The molecule has 0 saturated carbocycles. The van der Waals surface area contributed by atoms with Gasteiger partial charge in [0.15, 0.2) is 17.3 Å². The van der Waals surface area contributed by atoms with Crippen LogP contribution in [0.3, 0.4) is 0 Å². The van der Waals surface area contributed by atoms with Gasteiger partial charge in [-0.1, -0.05) is 24.3 Å². The number of ketones is 1. The summed E-state index contributed by atoms with van der Waals surface area (Å²) in [5, 5.41) is 1.93. The van der Waals surface area contributed by atoms with E-state index in [1.165, 1.54) is 11.3 Å². The van der Waals surface area contributed by atoms with Crippen molar-refractivity contribution in [2.75, 3.05) is 13.2 Å². The Hall–Kier alpha value is -3.91. The normalized spacial score (nSPS) is 12.4. The van der Waals surface area contributed by atoms with Crippen molar-refractivity contribution in [1.29, 1.82) is 0 Å². The molecule has 0 aliphatic carbocycles. The van der Waals surface area contributed by atoms with Gasteiger partial charge in [0, 0.05) is 11.1 Å². The first-order chi connectivity index (χ1) is 16.1. The zero-order valence-electron chi connectivity index (χ0n) is 17.7. The number of aromatic nitrogens is 1. The van der Waals surface area contributed by atoms with E-state index in [0.29, 0.717) is 47.6 Å². The minimum atomic E-state index is -0.614. The summed E-state index contributed by atoms with van der Waals surface area (Å²) >= 11 is 1.51. The van der Waals surface area contributed by atoms with Gasteiger partial charge in [0.05, 0.1) is 10.4 Å². The van der Waals surface area contributed by atoms with Crippen LogP contribution in [0.2, 0.25) is 0 Å². The molecule has 166 valence electrons. The Bertz CT molecular complexity index is 1320. The molecule has 8 heteroatoms. The highest BCUT2D eigenvalue weighted by atomic mass is 32.1. The molecule has 5 rings (SSSR count). The Morgan fingerprint density at radius 1 is 1.00 bits per heavy atom. The summed E-state index contributed by atoms with van der Waals surface area (Å²) in [5.41, 5.74) is 1.35. The molecular formula is C25H19NO6S. The molecule has 0 N–H and O–H groups in total. The van der Waals surface area contributed by atoms with E-state index in [4.69, 9.17) is 18.6 Å². The lowest BCUT2D eigenvalue weighted by Crippen LogP contribution is -2.16. The number of benzene rings is 2. The maximum Gasteiger partial charge on any atom is 0.339 e. The number of hydrogen-bond acceptors (Lipinski definition) is 8. The second-order valence-electron chi connectivity index (χ2n) is 7.31. The van der Waals surface area contributed by atoms with Crippen LogP contribution >= 0.6 is 11.3 Å². The van der Waals surface area contributed by atoms with Crippen LogP contribution in [0.4, 0.5) is 0 Å². The molecule has 0 spiro atoms. The number of esters is 1. The van der Waals surface area contributed by atoms with Crippen LogP contribution < -0.4 is 9.47 Å². The van der Waals surface area contributed by atoms with Crippen LogP contribution in [-0.2, 0) is 11.3 Å². The third-order valence-electron chi connectivity index (χ3n) is 5.16. The first-order valence-corrected chi connectivity index (χ1v) is 11.2. The number of thiophene rings is 1. The van der Waals surface area contributed by atoms with Gasteiger partial charge in [0.2, 0.25) is 5.89 Å². The predicted octanol–water partition coefficient (Wildman–Crippen LogP) is 5.07. The molecule has 0 unspecified atom stereocenters. The maximum atomic E-state index is 13.2. The summed E-state index contributed by atoms with van der Waals surface area (Å²) in [6.07, 6.45) is 0. The molecule has 0 fully saturated rings. The van der Waals surface area contributed by atoms with E-state index in [-0.39, 0.29) is 23.5 Å². The molecule has 7 nitrogen and oxygen atoms in total. The second-order valence-corrected chi connectivity index (χ2v) is 8.26. The standard InChI is InChI=1S/C25H19NO6S/c1-15-19(26-24(32-15)22-7-4-12-33-22)14-31-25(28)18-6-3-2-5-17(18)23(27)16-8-9-20-21(13-16)30-11-10-29-20/h2-9,12-13H,10-11,14H2,1H3. The summed E-state index contributed by atoms with van der Waals surface area (Å²) in [4.78, 5) is 31.4. The number of oxazole rings is 1. The SMILES string of the molecule is Cc1oc(-c2cccs2)nc1COC(=O)c1ccccc1C(=O)c1ccc2c(c1)OCCO2. The van der Waals surface area contributed by atoms with Gasteiger partial charge in [-0.25, -0.2) is 9.78 Å². The van der Waals surface area contributed by atoms with Gasteiger partial charge in [-0.15, -0.1) is 11.3 Å². The second kappa shape index (κ2) is 8.91. The van der Waals surface area contributed by atoms with Gasteiger partial charge >= 0.3 is 5.97 Å². The summed E-state index contributed by atoms with van der Waals surface area (Å²) in [6, 6.07) is 15.4. The first-order valence-electron chi connectivity index (χ1n) is 10.3. The Labute approximate surface area is 193 Å². The van der Waals surface area contributed by atoms with E-state index in [9.17, 15) is 9.59 Å². The van der Waals surface area contributed by atoms with Crippen LogP contribution in [0.25, 0.3) is 10.8 Å². The van der Waals surface area contributed by atoms with E-state index in [1.54, 1.807) is 49.4 Å². The third kappa shape index (κ3) is 4.25. The van der Waals surface area contributed by atoms with Gasteiger partial charge in [-0.3, -0.25) is 4.79 Å². The lowest BCUT2D eigenvalue weighted by Gasteiger charge is -2.18. The van der Waals surface area contributed by atoms with Crippen molar-refractivity contribution in [1.82, 2.24) is 4.98 Å². The number of ether oxygens (including phenoxy) is 3. The number of carbonyl (C=O) groups excluding carboxylic acids is 2. The third-order valence-corrected chi connectivity index (χ3v) is 6.02. The molecule has 2 aromatic heterocycles. The largest absolute Gasteiger partial charge is 0.486 e. The van der Waals surface area contributed by atoms with Gasteiger partial charge in [-0.05, 0) is 42.6 Å². The van der Waals surface area contributed by atoms with E-state index in [0.717, 1.165) is 4.88 Å². The highest BCUT2D eigenvalue weighted by molar-refractivity contribution is 7.13. The van der Waals surface area contributed by atoms with Crippen molar-refractivity contribution in [3.8, 4) is 22.3 Å². The smallest absolute Gasteiger partial charge is 0.339 e. The Kier molecular flexibility index (Phi) is 5.66. The Morgan fingerprint density at radius 2 is 1.79 bits per heavy atom. The van der Waals surface area contributed by atoms with Gasteiger partial charge < -0.3 is 18.6 Å². The minimum absolute atomic E-state index is 0.0634. The number of nitrogens with zero attached hydrogens (tertiary/aromatic N) is 1. The Balaban J connectivity index is 1.34. The lowest BCUT2D eigenvalue weighted by molar-refractivity contribution is 0.0464. The summed E-state index contributed by atoms with van der Waals surface area (Å²) in [5.74, 6) is 1.24. The molecule has 4 aromatic rings. The van der Waals surface area contributed by atoms with E-state index in [2.05, 4.69) is 4.98 Å². The quantitative estimate of drug-likeness (QED) is 0.293. The minimum Gasteiger partial charge on any atom is -0.486 e. The summed E-state index contributed by atoms with van der Waals surface area (Å²) < 4.78 is 22.3. The van der Waals surface area contributed by atoms with Gasteiger partial charge in [0.1, 0.15) is 31.3 Å². The maximum absolute atomic E-state index is 13.2. The van der Waals surface area contributed by atoms with Crippen molar-refractivity contribution < 1.29 is 28.2 Å². The number of hydrogen-bond donors (Lipinski definition) is 0. The average Bonchev–Trinajstić information content (AvgIpc) is 3.51. The molecule has 3 heterocycles. The van der Waals surface area contributed by atoms with E-state index in [1.807, 2.05) is 17.5 Å².